The fourth-order valence-electron chi connectivity index (χ4n) is 4.49. The Morgan fingerprint density at radius 3 is 2.28 bits per heavy atom. The topological polar surface area (TPSA) is 43.9 Å². The molecule has 0 atom stereocenters. The summed E-state index contributed by atoms with van der Waals surface area (Å²) in [5, 5.41) is 0. The van der Waals surface area contributed by atoms with Crippen LogP contribution in [-0.2, 0) is 11.2 Å². The Balaban J connectivity index is 1.25. The SMILES string of the molecule is O=C(C1CC1)N1CCN(c2ccc(C(=O)N3CCCc4ccccc43)cc2)CC1. The Bertz CT molecular complexity index is 912. The molecule has 0 aromatic heterocycles. The molecule has 2 aliphatic heterocycles. The van der Waals surface area contributed by atoms with Gasteiger partial charge in [0, 0.05) is 55.6 Å². The minimum absolute atomic E-state index is 0.0727. The number of aryl methyl sites for hydroxylation is 1. The highest BCUT2D eigenvalue weighted by Crippen LogP contribution is 2.32. The van der Waals surface area contributed by atoms with Crippen LogP contribution < -0.4 is 9.80 Å². The number of carbonyl (C=O) groups excluding carboxylic acids is 2. The van der Waals surface area contributed by atoms with Gasteiger partial charge in [-0.1, -0.05) is 18.2 Å². The molecule has 2 heterocycles. The number of amides is 2. The molecule has 2 fully saturated rings. The highest BCUT2D eigenvalue weighted by atomic mass is 16.2. The van der Waals surface area contributed by atoms with E-state index >= 15 is 0 Å². The Morgan fingerprint density at radius 2 is 1.55 bits per heavy atom. The molecule has 0 bridgehead atoms. The standard InChI is InChI=1S/C24H27N3O2/c28-23(19-7-8-19)26-16-14-25(15-17-26)21-11-9-20(10-12-21)24(29)27-13-3-5-18-4-1-2-6-22(18)27/h1-2,4,6,9-12,19H,3,5,7-8,13-17H2. The molecule has 0 unspecified atom stereocenters. The van der Waals surface area contributed by atoms with Crippen LogP contribution in [0.3, 0.4) is 0 Å². The van der Waals surface area contributed by atoms with E-state index < -0.39 is 0 Å². The summed E-state index contributed by atoms with van der Waals surface area (Å²) in [4.78, 5) is 31.6. The summed E-state index contributed by atoms with van der Waals surface area (Å²) in [6, 6.07) is 16.2. The monoisotopic (exact) mass is 389 g/mol. The summed E-state index contributed by atoms with van der Waals surface area (Å²) in [6.45, 7) is 4.06. The van der Waals surface area contributed by atoms with Crippen LogP contribution in [0, 0.1) is 5.92 Å². The second-order valence-electron chi connectivity index (χ2n) is 8.32. The Kier molecular flexibility index (Phi) is 4.74. The van der Waals surface area contributed by atoms with E-state index in [1.54, 1.807) is 0 Å². The van der Waals surface area contributed by atoms with Crippen molar-refractivity contribution in [2.45, 2.75) is 25.7 Å². The lowest BCUT2D eigenvalue weighted by Crippen LogP contribution is -2.49. The first-order valence-corrected chi connectivity index (χ1v) is 10.7. The third-order valence-electron chi connectivity index (χ3n) is 6.35. The maximum absolute atomic E-state index is 13.1. The summed E-state index contributed by atoms with van der Waals surface area (Å²) < 4.78 is 0. The van der Waals surface area contributed by atoms with Crippen molar-refractivity contribution in [2.75, 3.05) is 42.5 Å². The fourth-order valence-corrected chi connectivity index (χ4v) is 4.49. The average molecular weight is 389 g/mol. The lowest BCUT2D eigenvalue weighted by atomic mass is 10.0. The molecule has 5 nitrogen and oxygen atoms in total. The molecule has 2 aromatic rings. The molecule has 5 heteroatoms. The van der Waals surface area contributed by atoms with Crippen LogP contribution in [0.5, 0.6) is 0 Å². The molecule has 1 aliphatic carbocycles. The molecule has 3 aliphatic rings. The van der Waals surface area contributed by atoms with Crippen molar-refractivity contribution in [3.05, 3.63) is 59.7 Å². The van der Waals surface area contributed by atoms with Gasteiger partial charge in [-0.2, -0.15) is 0 Å². The maximum atomic E-state index is 13.1. The molecule has 1 saturated carbocycles. The molecular weight excluding hydrogens is 362 g/mol. The van der Waals surface area contributed by atoms with Gasteiger partial charge in [0.2, 0.25) is 5.91 Å². The number of hydrogen-bond acceptors (Lipinski definition) is 3. The van der Waals surface area contributed by atoms with Gasteiger partial charge in [0.05, 0.1) is 0 Å². The smallest absolute Gasteiger partial charge is 0.258 e. The highest BCUT2D eigenvalue weighted by Gasteiger charge is 2.34. The van der Waals surface area contributed by atoms with Crippen molar-refractivity contribution >= 4 is 23.2 Å². The summed E-state index contributed by atoms with van der Waals surface area (Å²) in [7, 11) is 0. The number of piperazine rings is 1. The van der Waals surface area contributed by atoms with Crippen LogP contribution >= 0.6 is 0 Å². The number of para-hydroxylation sites is 1. The zero-order valence-electron chi connectivity index (χ0n) is 16.7. The largest absolute Gasteiger partial charge is 0.368 e. The van der Waals surface area contributed by atoms with Crippen molar-refractivity contribution in [1.82, 2.24) is 4.90 Å². The molecular formula is C24H27N3O2. The number of nitrogens with zero attached hydrogens (tertiary/aromatic N) is 3. The van der Waals surface area contributed by atoms with Crippen LogP contribution in [0.15, 0.2) is 48.5 Å². The predicted octanol–water partition coefficient (Wildman–Crippen LogP) is 3.34. The van der Waals surface area contributed by atoms with Gasteiger partial charge < -0.3 is 14.7 Å². The second kappa shape index (κ2) is 7.54. The van der Waals surface area contributed by atoms with Crippen LogP contribution in [0.2, 0.25) is 0 Å². The molecule has 150 valence electrons. The number of anilines is 2. The average Bonchev–Trinajstić information content (AvgIpc) is 3.63. The quantitative estimate of drug-likeness (QED) is 0.809. The minimum Gasteiger partial charge on any atom is -0.368 e. The molecule has 0 N–H and O–H groups in total. The number of benzene rings is 2. The van der Waals surface area contributed by atoms with Crippen molar-refractivity contribution in [2.24, 2.45) is 5.92 Å². The van der Waals surface area contributed by atoms with Gasteiger partial charge >= 0.3 is 0 Å². The zero-order valence-corrected chi connectivity index (χ0v) is 16.7. The molecule has 0 spiro atoms. The first-order valence-electron chi connectivity index (χ1n) is 10.7. The third kappa shape index (κ3) is 3.61. The zero-order chi connectivity index (χ0) is 19.8. The number of fused-ring (bicyclic) bond motifs is 1. The van der Waals surface area contributed by atoms with E-state index in [1.807, 2.05) is 52.3 Å². The van der Waals surface area contributed by atoms with Gasteiger partial charge in [-0.15, -0.1) is 0 Å². The van der Waals surface area contributed by atoms with Crippen molar-refractivity contribution in [1.29, 1.82) is 0 Å². The van der Waals surface area contributed by atoms with Crippen LogP contribution in [0.1, 0.15) is 35.2 Å². The third-order valence-corrected chi connectivity index (χ3v) is 6.35. The van der Waals surface area contributed by atoms with E-state index in [1.165, 1.54) is 5.56 Å². The molecule has 29 heavy (non-hydrogen) atoms. The summed E-state index contributed by atoms with van der Waals surface area (Å²) >= 11 is 0. The van der Waals surface area contributed by atoms with Crippen LogP contribution in [0.4, 0.5) is 11.4 Å². The van der Waals surface area contributed by atoms with Gasteiger partial charge in [-0.05, 0) is 61.6 Å². The first-order chi connectivity index (χ1) is 14.2. The van der Waals surface area contributed by atoms with Gasteiger partial charge in [-0.25, -0.2) is 0 Å². The van der Waals surface area contributed by atoms with E-state index in [0.29, 0.717) is 11.8 Å². The minimum atomic E-state index is 0.0727. The van der Waals surface area contributed by atoms with Crippen molar-refractivity contribution < 1.29 is 9.59 Å². The van der Waals surface area contributed by atoms with E-state index in [0.717, 1.165) is 75.3 Å². The lowest BCUT2D eigenvalue weighted by Gasteiger charge is -2.36. The van der Waals surface area contributed by atoms with E-state index in [4.69, 9.17) is 0 Å². The molecule has 5 rings (SSSR count). The summed E-state index contributed by atoms with van der Waals surface area (Å²) in [6.07, 6.45) is 4.17. The Hall–Kier alpha value is -2.82. The lowest BCUT2D eigenvalue weighted by molar-refractivity contribution is -0.132. The van der Waals surface area contributed by atoms with E-state index in [-0.39, 0.29) is 5.91 Å². The predicted molar refractivity (Wildman–Crippen MR) is 114 cm³/mol. The molecule has 2 aromatic carbocycles. The maximum Gasteiger partial charge on any atom is 0.258 e. The van der Waals surface area contributed by atoms with E-state index in [9.17, 15) is 9.59 Å². The summed E-state index contributed by atoms with van der Waals surface area (Å²) in [5.41, 5.74) is 4.15. The Morgan fingerprint density at radius 1 is 0.828 bits per heavy atom. The Labute approximate surface area is 171 Å². The second-order valence-corrected chi connectivity index (χ2v) is 8.32. The van der Waals surface area contributed by atoms with Crippen LogP contribution in [-0.4, -0.2) is 49.4 Å². The fraction of sp³-hybridized carbons (Fsp3) is 0.417. The van der Waals surface area contributed by atoms with Gasteiger partial charge in [0.15, 0.2) is 0 Å². The van der Waals surface area contributed by atoms with Gasteiger partial charge in [-0.3, -0.25) is 9.59 Å². The van der Waals surface area contributed by atoms with Crippen molar-refractivity contribution in [3.8, 4) is 0 Å². The molecule has 1 saturated heterocycles. The molecule has 2 amide bonds. The van der Waals surface area contributed by atoms with Gasteiger partial charge in [0.1, 0.15) is 0 Å². The normalized spacial score (nSPS) is 19.1. The summed E-state index contributed by atoms with van der Waals surface area (Å²) in [5.74, 6) is 0.711. The highest BCUT2D eigenvalue weighted by molar-refractivity contribution is 6.06. The molecule has 0 radical (unpaired) electrons. The first kappa shape index (κ1) is 18.2. The van der Waals surface area contributed by atoms with Crippen molar-refractivity contribution in [3.63, 3.8) is 0 Å². The number of rotatable bonds is 3. The van der Waals surface area contributed by atoms with Crippen LogP contribution in [0.25, 0.3) is 0 Å². The number of carbonyl (C=O) groups is 2. The van der Waals surface area contributed by atoms with E-state index in [2.05, 4.69) is 11.0 Å². The van der Waals surface area contributed by atoms with Gasteiger partial charge in [0.25, 0.3) is 5.91 Å². The number of hydrogen-bond donors (Lipinski definition) is 0.